The minimum atomic E-state index is -2.71. The maximum atomic E-state index is 13.1. The fourth-order valence-corrected chi connectivity index (χ4v) is 1.98. The molecule has 0 bridgehead atoms. The van der Waals surface area contributed by atoms with Crippen LogP contribution in [-0.4, -0.2) is 35.2 Å². The first-order chi connectivity index (χ1) is 6.82. The molecule has 1 heterocycles. The molecule has 1 aliphatic heterocycles. The molecule has 0 aromatic rings. The molecule has 1 fully saturated rings. The number of nitrogens with zero attached hydrogens (tertiary/aromatic N) is 1. The van der Waals surface area contributed by atoms with Crippen LogP contribution >= 0.6 is 11.6 Å². The summed E-state index contributed by atoms with van der Waals surface area (Å²) >= 11 is 5.64. The van der Waals surface area contributed by atoms with Crippen molar-refractivity contribution in [3.05, 3.63) is 0 Å². The minimum Gasteiger partial charge on any atom is -0.341 e. The molecular weight excluding hydrogens is 224 g/mol. The SMILES string of the molecule is C[C@@H](Cl)C(=O)N1CCC[C@@H](C(C)(F)F)C1. The number of carbonyl (C=O) groups excluding carboxylic acids is 1. The Morgan fingerprint density at radius 1 is 1.60 bits per heavy atom. The molecule has 1 rings (SSSR count). The van der Waals surface area contributed by atoms with Crippen molar-refractivity contribution in [1.82, 2.24) is 4.90 Å². The van der Waals surface area contributed by atoms with Crippen LogP contribution in [0.15, 0.2) is 0 Å². The van der Waals surface area contributed by atoms with Crippen molar-refractivity contribution in [2.24, 2.45) is 5.92 Å². The second-order valence-corrected chi connectivity index (χ2v) is 4.85. The van der Waals surface area contributed by atoms with Gasteiger partial charge < -0.3 is 4.90 Å². The van der Waals surface area contributed by atoms with Gasteiger partial charge in [0.25, 0.3) is 0 Å². The van der Waals surface area contributed by atoms with E-state index in [0.29, 0.717) is 19.4 Å². The highest BCUT2D eigenvalue weighted by atomic mass is 35.5. The van der Waals surface area contributed by atoms with Crippen molar-refractivity contribution >= 4 is 17.5 Å². The van der Waals surface area contributed by atoms with Gasteiger partial charge in [0.15, 0.2) is 0 Å². The molecule has 1 saturated heterocycles. The second-order valence-electron chi connectivity index (χ2n) is 4.20. The average molecular weight is 240 g/mol. The van der Waals surface area contributed by atoms with Crippen LogP contribution in [0.25, 0.3) is 0 Å². The van der Waals surface area contributed by atoms with Gasteiger partial charge in [0, 0.05) is 19.0 Å². The highest BCUT2D eigenvalue weighted by Gasteiger charge is 2.38. The van der Waals surface area contributed by atoms with Crippen LogP contribution in [0.4, 0.5) is 8.78 Å². The molecule has 0 aromatic carbocycles. The van der Waals surface area contributed by atoms with Crippen molar-refractivity contribution in [3.63, 3.8) is 0 Å². The average Bonchev–Trinajstić information content (AvgIpc) is 2.15. The number of likely N-dealkylation sites (tertiary alicyclic amines) is 1. The first kappa shape index (κ1) is 12.7. The molecule has 0 aromatic heterocycles. The number of carbonyl (C=O) groups is 1. The molecule has 0 N–H and O–H groups in total. The number of amides is 1. The Morgan fingerprint density at radius 3 is 2.67 bits per heavy atom. The summed E-state index contributed by atoms with van der Waals surface area (Å²) in [5.74, 6) is -3.69. The zero-order valence-corrected chi connectivity index (χ0v) is 9.73. The van der Waals surface area contributed by atoms with Crippen LogP contribution in [0, 0.1) is 5.92 Å². The maximum absolute atomic E-state index is 13.1. The molecule has 0 aliphatic carbocycles. The van der Waals surface area contributed by atoms with E-state index in [4.69, 9.17) is 11.6 Å². The van der Waals surface area contributed by atoms with Gasteiger partial charge in [-0.05, 0) is 26.7 Å². The summed E-state index contributed by atoms with van der Waals surface area (Å²) in [6.07, 6.45) is 1.10. The summed E-state index contributed by atoms with van der Waals surface area (Å²) in [5, 5.41) is -0.630. The lowest BCUT2D eigenvalue weighted by molar-refractivity contribution is -0.136. The van der Waals surface area contributed by atoms with Crippen LogP contribution in [0.2, 0.25) is 0 Å². The summed E-state index contributed by atoms with van der Waals surface area (Å²) in [4.78, 5) is 13.0. The maximum Gasteiger partial charge on any atom is 0.249 e. The Hall–Kier alpha value is -0.380. The lowest BCUT2D eigenvalue weighted by Crippen LogP contribution is -2.46. The smallest absolute Gasteiger partial charge is 0.249 e. The van der Waals surface area contributed by atoms with E-state index in [1.54, 1.807) is 6.92 Å². The van der Waals surface area contributed by atoms with Gasteiger partial charge >= 0.3 is 0 Å². The summed E-state index contributed by atoms with van der Waals surface area (Å²) in [7, 11) is 0. The standard InChI is InChI=1S/C10H16ClF2NO/c1-7(11)9(15)14-5-3-4-8(6-14)10(2,12)13/h7-8H,3-6H2,1-2H3/t7-,8-/m1/s1. The van der Waals surface area contributed by atoms with Crippen LogP contribution < -0.4 is 0 Å². The van der Waals surface area contributed by atoms with E-state index in [0.717, 1.165) is 6.92 Å². The number of hydrogen-bond acceptors (Lipinski definition) is 1. The first-order valence-corrected chi connectivity index (χ1v) is 5.56. The van der Waals surface area contributed by atoms with Crippen molar-refractivity contribution in [1.29, 1.82) is 0 Å². The van der Waals surface area contributed by atoms with Gasteiger partial charge in [-0.2, -0.15) is 0 Å². The Kier molecular flexibility index (Phi) is 3.93. The Morgan fingerprint density at radius 2 is 2.20 bits per heavy atom. The molecule has 0 unspecified atom stereocenters. The van der Waals surface area contributed by atoms with Crippen LogP contribution in [0.1, 0.15) is 26.7 Å². The highest BCUT2D eigenvalue weighted by Crippen LogP contribution is 2.31. The van der Waals surface area contributed by atoms with Gasteiger partial charge in [0.05, 0.1) is 0 Å². The van der Waals surface area contributed by atoms with E-state index in [-0.39, 0.29) is 12.5 Å². The fraction of sp³-hybridized carbons (Fsp3) is 0.900. The first-order valence-electron chi connectivity index (χ1n) is 5.13. The van der Waals surface area contributed by atoms with Gasteiger partial charge in [-0.25, -0.2) is 8.78 Å². The van der Waals surface area contributed by atoms with E-state index >= 15 is 0 Å². The van der Waals surface area contributed by atoms with Gasteiger partial charge in [0.2, 0.25) is 11.8 Å². The predicted molar refractivity (Wildman–Crippen MR) is 55.2 cm³/mol. The molecule has 5 heteroatoms. The van der Waals surface area contributed by atoms with E-state index in [1.807, 2.05) is 0 Å². The number of rotatable bonds is 2. The van der Waals surface area contributed by atoms with Crippen molar-refractivity contribution in [2.45, 2.75) is 38.0 Å². The van der Waals surface area contributed by atoms with Gasteiger partial charge in [-0.15, -0.1) is 11.6 Å². The number of piperidine rings is 1. The highest BCUT2D eigenvalue weighted by molar-refractivity contribution is 6.30. The fourth-order valence-electron chi connectivity index (χ4n) is 1.84. The summed E-state index contributed by atoms with van der Waals surface area (Å²) in [5.41, 5.74) is 0. The van der Waals surface area contributed by atoms with Crippen molar-refractivity contribution < 1.29 is 13.6 Å². The third-order valence-electron chi connectivity index (χ3n) is 2.79. The molecule has 0 radical (unpaired) electrons. The molecule has 1 amide bonds. The van der Waals surface area contributed by atoms with E-state index in [1.165, 1.54) is 4.90 Å². The third kappa shape index (κ3) is 3.30. The second kappa shape index (κ2) is 4.64. The van der Waals surface area contributed by atoms with E-state index < -0.39 is 17.2 Å². The molecule has 0 saturated carbocycles. The summed E-state index contributed by atoms with van der Waals surface area (Å²) in [6.45, 7) is 3.15. The van der Waals surface area contributed by atoms with Gasteiger partial charge in [0.1, 0.15) is 5.38 Å². The normalized spacial score (nSPS) is 25.1. The molecule has 15 heavy (non-hydrogen) atoms. The largest absolute Gasteiger partial charge is 0.341 e. The van der Waals surface area contributed by atoms with E-state index in [9.17, 15) is 13.6 Å². The summed E-state index contributed by atoms with van der Waals surface area (Å²) < 4.78 is 26.1. The molecule has 88 valence electrons. The summed E-state index contributed by atoms with van der Waals surface area (Å²) in [6, 6.07) is 0. The van der Waals surface area contributed by atoms with Crippen LogP contribution in [0.5, 0.6) is 0 Å². The monoisotopic (exact) mass is 239 g/mol. The molecule has 2 atom stereocenters. The Balaban J connectivity index is 2.60. The van der Waals surface area contributed by atoms with Gasteiger partial charge in [-0.3, -0.25) is 4.79 Å². The number of alkyl halides is 3. The topological polar surface area (TPSA) is 20.3 Å². The molecule has 2 nitrogen and oxygen atoms in total. The molecule has 0 spiro atoms. The lowest BCUT2D eigenvalue weighted by atomic mass is 9.92. The number of hydrogen-bond donors (Lipinski definition) is 0. The van der Waals surface area contributed by atoms with Crippen molar-refractivity contribution in [2.75, 3.05) is 13.1 Å². The van der Waals surface area contributed by atoms with Crippen LogP contribution in [0.3, 0.4) is 0 Å². The zero-order chi connectivity index (χ0) is 11.6. The zero-order valence-electron chi connectivity index (χ0n) is 8.97. The predicted octanol–water partition coefficient (Wildman–Crippen LogP) is 2.51. The van der Waals surface area contributed by atoms with Crippen molar-refractivity contribution in [3.8, 4) is 0 Å². The lowest BCUT2D eigenvalue weighted by Gasteiger charge is -2.36. The molecule has 1 aliphatic rings. The Bertz CT molecular complexity index is 240. The Labute approximate surface area is 93.6 Å². The van der Waals surface area contributed by atoms with Crippen LogP contribution in [-0.2, 0) is 4.79 Å². The molecular formula is C10H16ClF2NO. The third-order valence-corrected chi connectivity index (χ3v) is 2.98. The van der Waals surface area contributed by atoms with Gasteiger partial charge in [-0.1, -0.05) is 0 Å². The number of halogens is 3. The quantitative estimate of drug-likeness (QED) is 0.678. The van der Waals surface area contributed by atoms with E-state index in [2.05, 4.69) is 0 Å². The minimum absolute atomic E-state index is 0.124.